The molecule has 21 heavy (non-hydrogen) atoms. The van der Waals surface area contributed by atoms with Crippen LogP contribution >= 0.6 is 0 Å². The van der Waals surface area contributed by atoms with Crippen LogP contribution in [0.4, 0.5) is 0 Å². The van der Waals surface area contributed by atoms with Gasteiger partial charge in [-0.25, -0.2) is 12.7 Å². The summed E-state index contributed by atoms with van der Waals surface area (Å²) in [6, 6.07) is 5.34. The second-order valence-electron chi connectivity index (χ2n) is 5.44. The fourth-order valence-corrected chi connectivity index (χ4v) is 2.68. The Morgan fingerprint density at radius 3 is 2.48 bits per heavy atom. The Morgan fingerprint density at radius 2 is 1.95 bits per heavy atom. The fraction of sp³-hybridized carbons (Fsp3) is 0.600. The first-order valence-corrected chi connectivity index (χ1v) is 8.64. The van der Waals surface area contributed by atoms with Crippen molar-refractivity contribution in [1.82, 2.24) is 9.62 Å². The zero-order valence-corrected chi connectivity index (χ0v) is 14.3. The van der Waals surface area contributed by atoms with Crippen LogP contribution in [-0.4, -0.2) is 39.5 Å². The molecular formula is C15H26N2O3S. The first kappa shape index (κ1) is 17.9. The highest BCUT2D eigenvalue weighted by Crippen LogP contribution is 2.24. The Kier molecular flexibility index (Phi) is 6.64. The highest BCUT2D eigenvalue weighted by Gasteiger charge is 2.19. The van der Waals surface area contributed by atoms with E-state index in [4.69, 9.17) is 4.74 Å². The smallest absolute Gasteiger partial charge is 0.242 e. The molecule has 0 saturated heterocycles. The number of nitrogens with zero attached hydrogens (tertiary/aromatic N) is 1. The van der Waals surface area contributed by atoms with Gasteiger partial charge in [-0.3, -0.25) is 0 Å². The molecule has 1 aromatic rings. The van der Waals surface area contributed by atoms with Gasteiger partial charge in [-0.1, -0.05) is 20.8 Å². The molecule has 0 atom stereocenters. The molecule has 1 aromatic carbocycles. The van der Waals surface area contributed by atoms with Gasteiger partial charge in [-0.15, -0.1) is 0 Å². The maximum Gasteiger partial charge on any atom is 0.242 e. The molecule has 120 valence electrons. The monoisotopic (exact) mass is 314 g/mol. The predicted octanol–water partition coefficient (Wildman–Crippen LogP) is 2.22. The summed E-state index contributed by atoms with van der Waals surface area (Å²) < 4.78 is 31.3. The molecule has 0 amide bonds. The number of ether oxygens (including phenoxy) is 1. The molecule has 0 fully saturated rings. The van der Waals surface area contributed by atoms with E-state index in [1.165, 1.54) is 18.4 Å². The summed E-state index contributed by atoms with van der Waals surface area (Å²) in [5.74, 6) is 0.739. The van der Waals surface area contributed by atoms with Gasteiger partial charge in [-0.2, -0.15) is 0 Å². The molecule has 0 radical (unpaired) electrons. The molecular weight excluding hydrogens is 288 g/mol. The summed E-state index contributed by atoms with van der Waals surface area (Å²) in [4.78, 5) is 0.289. The van der Waals surface area contributed by atoms with E-state index in [2.05, 4.69) is 5.32 Å². The number of benzene rings is 1. The predicted molar refractivity (Wildman–Crippen MR) is 85.1 cm³/mol. The van der Waals surface area contributed by atoms with E-state index in [9.17, 15) is 8.42 Å². The quantitative estimate of drug-likeness (QED) is 0.799. The molecule has 0 saturated carbocycles. The minimum absolute atomic E-state index is 0.289. The molecule has 1 N–H and O–H groups in total. The zero-order chi connectivity index (χ0) is 16.0. The van der Waals surface area contributed by atoms with Gasteiger partial charge in [0.05, 0.1) is 11.5 Å². The average Bonchev–Trinajstić information content (AvgIpc) is 2.42. The lowest BCUT2D eigenvalue weighted by molar-refractivity contribution is 0.312. The molecule has 6 heteroatoms. The second kappa shape index (κ2) is 7.77. The Balaban J connectivity index is 3.13. The molecule has 0 aromatic heterocycles. The molecule has 0 bridgehead atoms. The van der Waals surface area contributed by atoms with E-state index in [1.807, 2.05) is 20.8 Å². The zero-order valence-electron chi connectivity index (χ0n) is 13.5. The molecule has 0 spiro atoms. The van der Waals surface area contributed by atoms with Gasteiger partial charge >= 0.3 is 0 Å². The van der Waals surface area contributed by atoms with Crippen molar-refractivity contribution in [2.24, 2.45) is 0 Å². The van der Waals surface area contributed by atoms with E-state index in [0.29, 0.717) is 19.2 Å². The minimum atomic E-state index is -3.43. The third-order valence-electron chi connectivity index (χ3n) is 2.97. The third-order valence-corrected chi connectivity index (χ3v) is 4.78. The van der Waals surface area contributed by atoms with Crippen LogP contribution in [0.1, 0.15) is 32.8 Å². The van der Waals surface area contributed by atoms with Crippen molar-refractivity contribution in [3.63, 3.8) is 0 Å². The highest BCUT2D eigenvalue weighted by molar-refractivity contribution is 7.89. The van der Waals surface area contributed by atoms with Crippen molar-refractivity contribution in [1.29, 1.82) is 0 Å². The molecule has 0 aliphatic rings. The van der Waals surface area contributed by atoms with Crippen LogP contribution in [0.25, 0.3) is 0 Å². The second-order valence-corrected chi connectivity index (χ2v) is 7.59. The van der Waals surface area contributed by atoms with Crippen LogP contribution < -0.4 is 10.1 Å². The van der Waals surface area contributed by atoms with Crippen LogP contribution in [0.2, 0.25) is 0 Å². The van der Waals surface area contributed by atoms with Crippen LogP contribution in [0.5, 0.6) is 5.75 Å². The van der Waals surface area contributed by atoms with Gasteiger partial charge in [0, 0.05) is 32.2 Å². The van der Waals surface area contributed by atoms with Gasteiger partial charge in [0.25, 0.3) is 0 Å². The topological polar surface area (TPSA) is 58.6 Å². The van der Waals surface area contributed by atoms with Crippen molar-refractivity contribution in [3.8, 4) is 5.75 Å². The van der Waals surface area contributed by atoms with Crippen molar-refractivity contribution < 1.29 is 13.2 Å². The Bertz CT molecular complexity index is 554. The lowest BCUT2D eigenvalue weighted by Gasteiger charge is -2.17. The number of rotatable bonds is 8. The normalized spacial score (nSPS) is 12.1. The molecule has 1 rings (SSSR count). The van der Waals surface area contributed by atoms with Crippen molar-refractivity contribution in [3.05, 3.63) is 23.8 Å². The highest BCUT2D eigenvalue weighted by atomic mass is 32.2. The molecule has 0 heterocycles. The Labute approximate surface area is 128 Å². The van der Waals surface area contributed by atoms with Crippen LogP contribution in [0, 0.1) is 0 Å². The maximum atomic E-state index is 12.2. The first-order chi connectivity index (χ1) is 9.78. The van der Waals surface area contributed by atoms with E-state index in [-0.39, 0.29) is 4.90 Å². The SMILES string of the molecule is CCCOc1ccc(S(=O)(=O)N(C)C)cc1CNC(C)C. The first-order valence-electron chi connectivity index (χ1n) is 7.20. The van der Waals surface area contributed by atoms with Crippen LogP contribution in [-0.2, 0) is 16.6 Å². The largest absolute Gasteiger partial charge is 0.493 e. The van der Waals surface area contributed by atoms with E-state index >= 15 is 0 Å². The molecule has 0 aliphatic heterocycles. The average molecular weight is 314 g/mol. The number of nitrogens with one attached hydrogen (secondary N) is 1. The molecule has 5 nitrogen and oxygen atoms in total. The maximum absolute atomic E-state index is 12.2. The standard InChI is InChI=1S/C15H26N2O3S/c1-6-9-20-15-8-7-14(21(18,19)17(4)5)10-13(15)11-16-12(2)3/h7-8,10,12,16H,6,9,11H2,1-5H3. The third kappa shape index (κ3) is 4.98. The van der Waals surface area contributed by atoms with Crippen molar-refractivity contribution >= 4 is 10.0 Å². The summed E-state index contributed by atoms with van der Waals surface area (Å²) >= 11 is 0. The fourth-order valence-electron chi connectivity index (χ4n) is 1.73. The van der Waals surface area contributed by atoms with Gasteiger partial charge < -0.3 is 10.1 Å². The van der Waals surface area contributed by atoms with Crippen molar-refractivity contribution in [2.45, 2.75) is 44.7 Å². The summed E-state index contributed by atoms with van der Waals surface area (Å²) in [6.45, 7) is 7.33. The van der Waals surface area contributed by atoms with Crippen LogP contribution in [0.15, 0.2) is 23.1 Å². The van der Waals surface area contributed by atoms with E-state index in [0.717, 1.165) is 17.7 Å². The van der Waals surface area contributed by atoms with Gasteiger partial charge in [0.1, 0.15) is 5.75 Å². The van der Waals surface area contributed by atoms with Gasteiger partial charge in [0.2, 0.25) is 10.0 Å². The lowest BCUT2D eigenvalue weighted by Crippen LogP contribution is -2.24. The molecule has 0 unspecified atom stereocenters. The minimum Gasteiger partial charge on any atom is -0.493 e. The Morgan fingerprint density at radius 1 is 1.29 bits per heavy atom. The van der Waals surface area contributed by atoms with Crippen LogP contribution in [0.3, 0.4) is 0 Å². The Hall–Kier alpha value is -1.11. The summed E-state index contributed by atoms with van der Waals surface area (Å²) in [5, 5.41) is 3.30. The number of hydrogen-bond acceptors (Lipinski definition) is 4. The van der Waals surface area contributed by atoms with E-state index < -0.39 is 10.0 Å². The molecule has 0 aliphatic carbocycles. The van der Waals surface area contributed by atoms with E-state index in [1.54, 1.807) is 18.2 Å². The number of sulfonamides is 1. The van der Waals surface area contributed by atoms with Gasteiger partial charge in [-0.05, 0) is 24.6 Å². The van der Waals surface area contributed by atoms with Crippen molar-refractivity contribution in [2.75, 3.05) is 20.7 Å². The summed E-state index contributed by atoms with van der Waals surface area (Å²) in [6.07, 6.45) is 0.912. The lowest BCUT2D eigenvalue weighted by atomic mass is 10.2. The summed E-state index contributed by atoms with van der Waals surface area (Å²) in [7, 11) is -0.364. The van der Waals surface area contributed by atoms with Gasteiger partial charge in [0.15, 0.2) is 0 Å². The summed E-state index contributed by atoms with van der Waals surface area (Å²) in [5.41, 5.74) is 0.861. The number of hydrogen-bond donors (Lipinski definition) is 1.